The van der Waals surface area contributed by atoms with Gasteiger partial charge in [0, 0.05) is 17.4 Å². The third-order valence-corrected chi connectivity index (χ3v) is 2.57. The number of hydrogen-bond donors (Lipinski definition) is 1. The fraction of sp³-hybridized carbons (Fsp3) is 1.00. The molecule has 2 rings (SSSR count). The molecule has 0 aromatic rings. The van der Waals surface area contributed by atoms with Gasteiger partial charge in [-0.3, -0.25) is 0 Å². The molecule has 0 radical (unpaired) electrons. The fourth-order valence-electron chi connectivity index (χ4n) is 1.64. The van der Waals surface area contributed by atoms with Crippen molar-refractivity contribution >= 4 is 12.4 Å². The van der Waals surface area contributed by atoms with E-state index in [1.54, 1.807) is 0 Å². The minimum atomic E-state index is 0. The standard InChI is InChI=1S/C6H11NO.ClH/c1-6(7)4-2-8-3-5(4)6;/h4-5H,2-3,7H2,1H3;1H/t4-,5+,6?;. The lowest BCUT2D eigenvalue weighted by molar-refractivity contribution is 0.147. The van der Waals surface area contributed by atoms with Gasteiger partial charge in [0.1, 0.15) is 0 Å². The molecule has 1 aliphatic carbocycles. The van der Waals surface area contributed by atoms with Crippen LogP contribution in [0.4, 0.5) is 0 Å². The molecular formula is C6H12ClNO. The van der Waals surface area contributed by atoms with E-state index >= 15 is 0 Å². The fourth-order valence-corrected chi connectivity index (χ4v) is 1.64. The Bertz CT molecular complexity index is 114. The summed E-state index contributed by atoms with van der Waals surface area (Å²) in [7, 11) is 0. The highest BCUT2D eigenvalue weighted by molar-refractivity contribution is 5.85. The van der Waals surface area contributed by atoms with E-state index in [9.17, 15) is 0 Å². The third-order valence-electron chi connectivity index (χ3n) is 2.57. The summed E-state index contributed by atoms with van der Waals surface area (Å²) in [6.07, 6.45) is 0. The second-order valence-corrected chi connectivity index (χ2v) is 3.12. The van der Waals surface area contributed by atoms with Crippen molar-refractivity contribution in [2.75, 3.05) is 13.2 Å². The van der Waals surface area contributed by atoms with Gasteiger partial charge in [-0.1, -0.05) is 0 Å². The van der Waals surface area contributed by atoms with Crippen molar-refractivity contribution < 1.29 is 4.74 Å². The lowest BCUT2D eigenvalue weighted by Crippen LogP contribution is -2.26. The number of ether oxygens (including phenoxy) is 1. The van der Waals surface area contributed by atoms with Crippen molar-refractivity contribution in [3.8, 4) is 0 Å². The first-order valence-corrected chi connectivity index (χ1v) is 3.09. The van der Waals surface area contributed by atoms with Crippen LogP contribution in [0.1, 0.15) is 6.92 Å². The van der Waals surface area contributed by atoms with Crippen LogP contribution in [0.2, 0.25) is 0 Å². The van der Waals surface area contributed by atoms with E-state index < -0.39 is 0 Å². The van der Waals surface area contributed by atoms with Crippen LogP contribution >= 0.6 is 12.4 Å². The van der Waals surface area contributed by atoms with Crippen LogP contribution in [0, 0.1) is 11.8 Å². The number of hydrogen-bond acceptors (Lipinski definition) is 2. The van der Waals surface area contributed by atoms with Crippen LogP contribution < -0.4 is 5.73 Å². The summed E-state index contributed by atoms with van der Waals surface area (Å²) in [6.45, 7) is 3.92. The van der Waals surface area contributed by atoms with Crippen LogP contribution in [0.5, 0.6) is 0 Å². The second kappa shape index (κ2) is 1.84. The average molecular weight is 150 g/mol. The Morgan fingerprint density at radius 3 is 2.11 bits per heavy atom. The van der Waals surface area contributed by atoms with Gasteiger partial charge in [0.2, 0.25) is 0 Å². The van der Waals surface area contributed by atoms with Crippen molar-refractivity contribution in [3.05, 3.63) is 0 Å². The molecule has 1 saturated carbocycles. The van der Waals surface area contributed by atoms with Gasteiger partial charge >= 0.3 is 0 Å². The van der Waals surface area contributed by atoms with E-state index in [1.165, 1.54) is 0 Å². The van der Waals surface area contributed by atoms with Crippen molar-refractivity contribution in [1.29, 1.82) is 0 Å². The predicted octanol–water partition coefficient (Wildman–Crippen LogP) is 0.402. The normalized spacial score (nSPS) is 54.0. The van der Waals surface area contributed by atoms with Crippen molar-refractivity contribution in [2.24, 2.45) is 17.6 Å². The Kier molecular flexibility index (Phi) is 1.50. The SMILES string of the molecule is CC1(N)[C@@H]2COC[C@@H]21.Cl. The molecule has 1 saturated heterocycles. The molecule has 2 nitrogen and oxygen atoms in total. The quantitative estimate of drug-likeness (QED) is 0.541. The van der Waals surface area contributed by atoms with Crippen LogP contribution in [-0.4, -0.2) is 18.8 Å². The highest BCUT2D eigenvalue weighted by Gasteiger charge is 2.61. The van der Waals surface area contributed by atoms with E-state index in [0.29, 0.717) is 11.8 Å². The Hall–Kier alpha value is 0.210. The van der Waals surface area contributed by atoms with E-state index in [4.69, 9.17) is 10.5 Å². The maximum atomic E-state index is 5.83. The van der Waals surface area contributed by atoms with Gasteiger partial charge in [-0.15, -0.1) is 12.4 Å². The summed E-state index contributed by atoms with van der Waals surface area (Å²) in [5, 5.41) is 0. The summed E-state index contributed by atoms with van der Waals surface area (Å²) < 4.78 is 5.16. The highest BCUT2D eigenvalue weighted by atomic mass is 35.5. The van der Waals surface area contributed by atoms with Crippen molar-refractivity contribution in [3.63, 3.8) is 0 Å². The molecule has 1 unspecified atom stereocenters. The first kappa shape index (κ1) is 7.32. The van der Waals surface area contributed by atoms with Crippen molar-refractivity contribution in [2.45, 2.75) is 12.5 Å². The zero-order valence-corrected chi connectivity index (χ0v) is 6.28. The summed E-state index contributed by atoms with van der Waals surface area (Å²) >= 11 is 0. The average Bonchev–Trinajstić information content (AvgIpc) is 2.22. The van der Waals surface area contributed by atoms with E-state index in [-0.39, 0.29) is 17.9 Å². The molecule has 0 aromatic carbocycles. The molecule has 0 spiro atoms. The van der Waals surface area contributed by atoms with Gasteiger partial charge in [0.15, 0.2) is 0 Å². The molecule has 2 N–H and O–H groups in total. The molecule has 0 bridgehead atoms. The smallest absolute Gasteiger partial charge is 0.0516 e. The molecule has 3 atom stereocenters. The minimum Gasteiger partial charge on any atom is -0.381 e. The van der Waals surface area contributed by atoms with Gasteiger partial charge in [-0.2, -0.15) is 0 Å². The lowest BCUT2D eigenvalue weighted by atomic mass is 10.2. The summed E-state index contributed by atoms with van der Waals surface area (Å²) in [4.78, 5) is 0. The Labute approximate surface area is 61.2 Å². The number of nitrogens with two attached hydrogens (primary N) is 1. The van der Waals surface area contributed by atoms with Crippen LogP contribution in [0.15, 0.2) is 0 Å². The maximum Gasteiger partial charge on any atom is 0.0516 e. The van der Waals surface area contributed by atoms with Gasteiger partial charge < -0.3 is 10.5 Å². The largest absolute Gasteiger partial charge is 0.381 e. The molecule has 1 aliphatic heterocycles. The van der Waals surface area contributed by atoms with Gasteiger partial charge in [0.05, 0.1) is 13.2 Å². The zero-order chi connectivity index (χ0) is 5.78. The molecule has 54 valence electrons. The van der Waals surface area contributed by atoms with Gasteiger partial charge in [-0.25, -0.2) is 0 Å². The Balaban J connectivity index is 0.000000405. The van der Waals surface area contributed by atoms with E-state index in [2.05, 4.69) is 6.92 Å². The van der Waals surface area contributed by atoms with E-state index in [0.717, 1.165) is 13.2 Å². The number of halogens is 1. The third kappa shape index (κ3) is 0.775. The van der Waals surface area contributed by atoms with Gasteiger partial charge in [-0.05, 0) is 6.92 Å². The topological polar surface area (TPSA) is 35.2 Å². The zero-order valence-electron chi connectivity index (χ0n) is 5.46. The Morgan fingerprint density at radius 2 is 1.89 bits per heavy atom. The molecule has 0 aromatic heterocycles. The summed E-state index contributed by atoms with van der Waals surface area (Å²) in [6, 6.07) is 0. The van der Waals surface area contributed by atoms with E-state index in [1.807, 2.05) is 0 Å². The molecule has 2 aliphatic rings. The molecule has 2 fully saturated rings. The minimum absolute atomic E-state index is 0. The molecular weight excluding hydrogens is 138 g/mol. The first-order chi connectivity index (χ1) is 3.73. The van der Waals surface area contributed by atoms with Gasteiger partial charge in [0.25, 0.3) is 0 Å². The molecule has 3 heteroatoms. The molecule has 9 heavy (non-hydrogen) atoms. The van der Waals surface area contributed by atoms with Crippen LogP contribution in [0.25, 0.3) is 0 Å². The van der Waals surface area contributed by atoms with Crippen LogP contribution in [-0.2, 0) is 4.74 Å². The molecule has 0 amide bonds. The number of rotatable bonds is 0. The summed E-state index contributed by atoms with van der Waals surface area (Å²) in [5.74, 6) is 1.37. The summed E-state index contributed by atoms with van der Waals surface area (Å²) in [5.41, 5.74) is 5.97. The van der Waals surface area contributed by atoms with Crippen molar-refractivity contribution in [1.82, 2.24) is 0 Å². The first-order valence-electron chi connectivity index (χ1n) is 3.09. The predicted molar refractivity (Wildman–Crippen MR) is 37.6 cm³/mol. The second-order valence-electron chi connectivity index (χ2n) is 3.12. The monoisotopic (exact) mass is 149 g/mol. The highest BCUT2D eigenvalue weighted by Crippen LogP contribution is 2.51. The van der Waals surface area contributed by atoms with Crippen LogP contribution in [0.3, 0.4) is 0 Å². The maximum absolute atomic E-state index is 5.83. The number of fused-ring (bicyclic) bond motifs is 1. The molecule has 1 heterocycles. The Morgan fingerprint density at radius 1 is 1.44 bits per heavy atom. The lowest BCUT2D eigenvalue weighted by Gasteiger charge is -2.06.